The number of hydrogen-bond acceptors (Lipinski definition) is 4. The Bertz CT molecular complexity index is 696. The van der Waals surface area contributed by atoms with Gasteiger partial charge in [0.1, 0.15) is 4.90 Å². The number of amides is 1. The van der Waals surface area contributed by atoms with E-state index in [4.69, 9.17) is 0 Å². The summed E-state index contributed by atoms with van der Waals surface area (Å²) in [4.78, 5) is 14.5. The van der Waals surface area contributed by atoms with E-state index in [-0.39, 0.29) is 16.8 Å². The molecule has 1 aromatic rings. The largest absolute Gasteiger partial charge is 0.339 e. The Labute approximate surface area is 138 Å². The first-order chi connectivity index (χ1) is 10.6. The lowest BCUT2D eigenvalue weighted by Crippen LogP contribution is -2.51. The molecule has 1 aromatic heterocycles. The minimum absolute atomic E-state index is 0.157. The molecule has 2 heterocycles. The van der Waals surface area contributed by atoms with Crippen LogP contribution in [-0.2, 0) is 21.9 Å². The second-order valence-electron chi connectivity index (χ2n) is 6.34. The zero-order valence-electron chi connectivity index (χ0n) is 14.5. The number of nitrogens with one attached hydrogen (secondary N) is 1. The second kappa shape index (κ2) is 6.60. The van der Waals surface area contributed by atoms with Crippen LogP contribution in [0.3, 0.4) is 0 Å². The Balaban J connectivity index is 2.18. The van der Waals surface area contributed by atoms with Crippen LogP contribution in [0.4, 0.5) is 0 Å². The van der Waals surface area contributed by atoms with Crippen LogP contribution in [0.25, 0.3) is 0 Å². The molecular weight excluding hydrogens is 316 g/mol. The predicted octanol–water partition coefficient (Wildman–Crippen LogP) is 1.10. The molecule has 0 spiro atoms. The second-order valence-corrected chi connectivity index (χ2v) is 7.99. The van der Waals surface area contributed by atoms with Gasteiger partial charge in [0.25, 0.3) is 0 Å². The van der Waals surface area contributed by atoms with Crippen molar-refractivity contribution < 1.29 is 13.2 Å². The lowest BCUT2D eigenvalue weighted by molar-refractivity contribution is -0.135. The summed E-state index contributed by atoms with van der Waals surface area (Å²) in [6, 6.07) is -0.635. The van der Waals surface area contributed by atoms with Gasteiger partial charge in [-0.1, -0.05) is 0 Å². The number of nitrogens with zero attached hydrogens (tertiary/aromatic N) is 3. The van der Waals surface area contributed by atoms with Crippen molar-refractivity contribution in [3.05, 3.63) is 11.4 Å². The average Bonchev–Trinajstić information content (AvgIpc) is 2.71. The number of piperidine rings is 1. The van der Waals surface area contributed by atoms with E-state index >= 15 is 0 Å². The van der Waals surface area contributed by atoms with E-state index in [1.807, 2.05) is 6.92 Å². The summed E-state index contributed by atoms with van der Waals surface area (Å²) >= 11 is 0. The third-order valence-electron chi connectivity index (χ3n) is 4.50. The summed E-state index contributed by atoms with van der Waals surface area (Å²) in [5.41, 5.74) is 0.990. The summed E-state index contributed by atoms with van der Waals surface area (Å²) in [5, 5.41) is 4.13. The van der Waals surface area contributed by atoms with Gasteiger partial charge in [0.2, 0.25) is 15.9 Å². The quantitative estimate of drug-likeness (QED) is 0.888. The molecule has 0 radical (unpaired) electrons. The fourth-order valence-electron chi connectivity index (χ4n) is 3.16. The van der Waals surface area contributed by atoms with Gasteiger partial charge < -0.3 is 4.90 Å². The molecule has 0 unspecified atom stereocenters. The number of sulfonamides is 1. The number of aromatic nitrogens is 2. The minimum atomic E-state index is -3.78. The van der Waals surface area contributed by atoms with Crippen molar-refractivity contribution in [1.82, 2.24) is 19.4 Å². The zero-order valence-corrected chi connectivity index (χ0v) is 15.3. The molecule has 7 nitrogen and oxygen atoms in total. The molecule has 0 aromatic carbocycles. The highest BCUT2D eigenvalue weighted by Gasteiger charge is 2.32. The van der Waals surface area contributed by atoms with Crippen LogP contribution in [0.2, 0.25) is 0 Å². The Kier molecular flexibility index (Phi) is 5.15. The van der Waals surface area contributed by atoms with E-state index in [2.05, 4.69) is 9.82 Å². The Morgan fingerprint density at radius 2 is 2.00 bits per heavy atom. The summed E-state index contributed by atoms with van der Waals surface area (Å²) in [6.45, 7) is 7.65. The Morgan fingerprint density at radius 3 is 2.52 bits per heavy atom. The number of aryl methyl sites for hydroxylation is 2. The topological polar surface area (TPSA) is 84.3 Å². The highest BCUT2D eigenvalue weighted by molar-refractivity contribution is 7.89. The van der Waals surface area contributed by atoms with Crippen LogP contribution < -0.4 is 4.72 Å². The fraction of sp³-hybridized carbons (Fsp3) is 0.733. The van der Waals surface area contributed by atoms with E-state index in [1.165, 1.54) is 4.68 Å². The van der Waals surface area contributed by atoms with Crippen LogP contribution >= 0.6 is 0 Å². The van der Waals surface area contributed by atoms with Gasteiger partial charge in [-0.25, -0.2) is 8.42 Å². The lowest BCUT2D eigenvalue weighted by atomic mass is 10.0. The maximum absolute atomic E-state index is 12.6. The van der Waals surface area contributed by atoms with Crippen molar-refractivity contribution in [2.45, 2.75) is 63.9 Å². The van der Waals surface area contributed by atoms with Crippen LogP contribution in [0.15, 0.2) is 4.90 Å². The number of carbonyl (C=O) groups excluding carboxylic acids is 1. The summed E-state index contributed by atoms with van der Waals surface area (Å²) in [5.74, 6) is -0.167. The fourth-order valence-corrected chi connectivity index (χ4v) is 4.79. The molecule has 1 aliphatic rings. The highest BCUT2D eigenvalue weighted by atomic mass is 32.2. The van der Waals surface area contributed by atoms with Crippen molar-refractivity contribution in [2.24, 2.45) is 7.05 Å². The van der Waals surface area contributed by atoms with Gasteiger partial charge in [0, 0.05) is 19.6 Å². The molecule has 130 valence electrons. The van der Waals surface area contributed by atoms with Gasteiger partial charge in [0.05, 0.1) is 17.4 Å². The Morgan fingerprint density at radius 1 is 1.35 bits per heavy atom. The molecule has 1 aliphatic heterocycles. The summed E-state index contributed by atoms with van der Waals surface area (Å²) in [7, 11) is -2.08. The smallest absolute Gasteiger partial charge is 0.244 e. The lowest BCUT2D eigenvalue weighted by Gasteiger charge is -2.35. The summed E-state index contributed by atoms with van der Waals surface area (Å²) < 4.78 is 29.3. The monoisotopic (exact) mass is 342 g/mol. The van der Waals surface area contributed by atoms with E-state index in [1.54, 1.807) is 32.7 Å². The number of carbonyl (C=O) groups is 1. The van der Waals surface area contributed by atoms with Crippen LogP contribution in [0.5, 0.6) is 0 Å². The summed E-state index contributed by atoms with van der Waals surface area (Å²) in [6.07, 6.45) is 3.04. The van der Waals surface area contributed by atoms with E-state index < -0.39 is 16.1 Å². The van der Waals surface area contributed by atoms with Crippen molar-refractivity contribution >= 4 is 15.9 Å². The molecule has 2 atom stereocenters. The van der Waals surface area contributed by atoms with E-state index in [0.717, 1.165) is 19.3 Å². The molecule has 0 bridgehead atoms. The molecule has 1 N–H and O–H groups in total. The highest BCUT2D eigenvalue weighted by Crippen LogP contribution is 2.20. The zero-order chi connectivity index (χ0) is 17.4. The van der Waals surface area contributed by atoms with Gasteiger partial charge in [-0.2, -0.15) is 9.82 Å². The molecule has 2 rings (SSSR count). The molecule has 23 heavy (non-hydrogen) atoms. The number of likely N-dealkylation sites (tertiary alicyclic amines) is 1. The molecular formula is C15H26N4O3S. The maximum atomic E-state index is 12.6. The van der Waals surface area contributed by atoms with E-state index in [0.29, 0.717) is 17.9 Å². The first kappa shape index (κ1) is 17.9. The van der Waals surface area contributed by atoms with Crippen molar-refractivity contribution in [2.75, 3.05) is 6.54 Å². The van der Waals surface area contributed by atoms with Crippen LogP contribution in [0.1, 0.15) is 44.5 Å². The normalized spacial score (nSPS) is 20.6. The van der Waals surface area contributed by atoms with Crippen molar-refractivity contribution in [3.63, 3.8) is 0 Å². The van der Waals surface area contributed by atoms with E-state index in [9.17, 15) is 13.2 Å². The van der Waals surface area contributed by atoms with Gasteiger partial charge in [0.15, 0.2) is 0 Å². The average molecular weight is 342 g/mol. The van der Waals surface area contributed by atoms with Gasteiger partial charge in [-0.15, -0.1) is 0 Å². The van der Waals surface area contributed by atoms with Gasteiger partial charge in [-0.3, -0.25) is 9.48 Å². The number of rotatable bonds is 4. The maximum Gasteiger partial charge on any atom is 0.244 e. The standard InChI is InChI=1S/C15H26N4O3S/c1-10-8-6-7-9-19(10)15(20)12(3)17-23(21,22)14-11(2)16-18(5)13(14)4/h10,12,17H,6-9H2,1-5H3/t10-,12+/m0/s1. The molecule has 8 heteroatoms. The van der Waals surface area contributed by atoms with Gasteiger partial charge in [-0.05, 0) is 47.0 Å². The molecule has 1 saturated heterocycles. The Hall–Kier alpha value is -1.41. The molecule has 1 fully saturated rings. The molecule has 0 saturated carbocycles. The van der Waals surface area contributed by atoms with Crippen LogP contribution in [0, 0.1) is 13.8 Å². The van der Waals surface area contributed by atoms with Crippen molar-refractivity contribution in [1.29, 1.82) is 0 Å². The molecule has 1 amide bonds. The third kappa shape index (κ3) is 3.58. The van der Waals surface area contributed by atoms with Gasteiger partial charge >= 0.3 is 0 Å². The predicted molar refractivity (Wildman–Crippen MR) is 87.5 cm³/mol. The first-order valence-corrected chi connectivity index (χ1v) is 9.46. The number of hydrogen-bond donors (Lipinski definition) is 1. The first-order valence-electron chi connectivity index (χ1n) is 7.98. The third-order valence-corrected chi connectivity index (χ3v) is 6.29. The molecule has 0 aliphatic carbocycles. The van der Waals surface area contributed by atoms with Crippen LogP contribution in [-0.4, -0.2) is 47.6 Å². The SMILES string of the molecule is Cc1nn(C)c(C)c1S(=O)(=O)N[C@H](C)C(=O)N1CCCC[C@@H]1C. The van der Waals surface area contributed by atoms with Crippen molar-refractivity contribution in [3.8, 4) is 0 Å². The minimum Gasteiger partial charge on any atom is -0.339 e.